The molecule has 0 aliphatic heterocycles. The van der Waals surface area contributed by atoms with Gasteiger partial charge in [0.25, 0.3) is 5.95 Å². The second kappa shape index (κ2) is 5.04. The van der Waals surface area contributed by atoms with Gasteiger partial charge in [-0.25, -0.2) is 4.98 Å². The van der Waals surface area contributed by atoms with Crippen molar-refractivity contribution in [1.82, 2.24) is 29.7 Å². The number of hydrogen-bond acceptors (Lipinski definition) is 6. The first kappa shape index (κ1) is 12.2. The maximum Gasteiger partial charge on any atom is 0.257 e. The first-order chi connectivity index (χ1) is 9.76. The van der Waals surface area contributed by atoms with Gasteiger partial charge in [0.1, 0.15) is 12.7 Å². The third kappa shape index (κ3) is 2.33. The molecule has 0 amide bonds. The highest BCUT2D eigenvalue weighted by atomic mass is 15.4. The summed E-state index contributed by atoms with van der Waals surface area (Å²) in [6.07, 6.45) is 2.99. The molecule has 0 radical (unpaired) electrons. The van der Waals surface area contributed by atoms with Crippen LogP contribution in [0.25, 0.3) is 17.3 Å². The van der Waals surface area contributed by atoms with Crippen LogP contribution in [0.1, 0.15) is 5.56 Å². The molecule has 1 aromatic carbocycles. The van der Waals surface area contributed by atoms with E-state index in [2.05, 4.69) is 30.4 Å². The molecule has 1 N–H and O–H groups in total. The highest BCUT2D eigenvalue weighted by Gasteiger charge is 2.09. The fourth-order valence-corrected chi connectivity index (χ4v) is 1.80. The Morgan fingerprint density at radius 2 is 2.05 bits per heavy atom. The lowest BCUT2D eigenvalue weighted by atomic mass is 10.1. The molecule has 7 nitrogen and oxygen atoms in total. The Labute approximate surface area is 115 Å². The lowest BCUT2D eigenvalue weighted by Crippen LogP contribution is -2.08. The van der Waals surface area contributed by atoms with Gasteiger partial charge in [-0.3, -0.25) is 0 Å². The molecule has 3 rings (SSSR count). The molecule has 20 heavy (non-hydrogen) atoms. The number of aromatic nitrogens is 6. The van der Waals surface area contributed by atoms with Crippen LogP contribution in [-0.4, -0.2) is 36.8 Å². The lowest BCUT2D eigenvalue weighted by Gasteiger charge is -2.06. The van der Waals surface area contributed by atoms with Crippen LogP contribution < -0.4 is 5.32 Å². The van der Waals surface area contributed by atoms with Gasteiger partial charge in [0.05, 0.1) is 0 Å². The molecule has 100 valence electrons. The zero-order valence-corrected chi connectivity index (χ0v) is 11.1. The van der Waals surface area contributed by atoms with Crippen molar-refractivity contribution in [3.63, 3.8) is 0 Å². The summed E-state index contributed by atoms with van der Waals surface area (Å²) >= 11 is 0. The van der Waals surface area contributed by atoms with Crippen LogP contribution >= 0.6 is 0 Å². The van der Waals surface area contributed by atoms with Crippen LogP contribution in [0.5, 0.6) is 0 Å². The van der Waals surface area contributed by atoms with Crippen molar-refractivity contribution in [3.8, 4) is 17.3 Å². The summed E-state index contributed by atoms with van der Waals surface area (Å²) < 4.78 is 1.50. The van der Waals surface area contributed by atoms with Crippen LogP contribution in [0.3, 0.4) is 0 Å². The zero-order chi connectivity index (χ0) is 13.9. The third-order valence-electron chi connectivity index (χ3n) is 2.75. The molecule has 0 bridgehead atoms. The molecule has 0 saturated carbocycles. The van der Waals surface area contributed by atoms with Crippen molar-refractivity contribution < 1.29 is 0 Å². The fourth-order valence-electron chi connectivity index (χ4n) is 1.80. The van der Waals surface area contributed by atoms with Gasteiger partial charge in [0.2, 0.25) is 5.95 Å². The second-order valence-corrected chi connectivity index (χ2v) is 4.24. The van der Waals surface area contributed by atoms with Crippen molar-refractivity contribution in [2.75, 3.05) is 12.4 Å². The maximum atomic E-state index is 4.43. The number of hydrogen-bond donors (Lipinski definition) is 1. The molecular weight excluding hydrogens is 254 g/mol. The van der Waals surface area contributed by atoms with Crippen molar-refractivity contribution in [3.05, 3.63) is 42.5 Å². The average Bonchev–Trinajstić information content (AvgIpc) is 3.01. The minimum atomic E-state index is 0.429. The van der Waals surface area contributed by atoms with Crippen LogP contribution in [0.4, 0.5) is 5.95 Å². The molecule has 0 saturated heterocycles. The van der Waals surface area contributed by atoms with Crippen molar-refractivity contribution in [2.24, 2.45) is 0 Å². The maximum absolute atomic E-state index is 4.43. The number of nitrogens with zero attached hydrogens (tertiary/aromatic N) is 6. The topological polar surface area (TPSA) is 81.4 Å². The average molecular weight is 267 g/mol. The quantitative estimate of drug-likeness (QED) is 0.774. The van der Waals surface area contributed by atoms with Gasteiger partial charge in [-0.2, -0.15) is 24.7 Å². The summed E-state index contributed by atoms with van der Waals surface area (Å²) in [6.45, 7) is 2.03. The molecule has 0 fully saturated rings. The Morgan fingerprint density at radius 3 is 2.75 bits per heavy atom. The predicted octanol–water partition coefficient (Wildman–Crippen LogP) is 1.47. The number of benzene rings is 1. The van der Waals surface area contributed by atoms with Crippen molar-refractivity contribution >= 4 is 5.95 Å². The summed E-state index contributed by atoms with van der Waals surface area (Å²) in [6, 6.07) is 8.00. The van der Waals surface area contributed by atoms with E-state index in [0.29, 0.717) is 17.7 Å². The Bertz CT molecular complexity index is 721. The molecule has 0 unspecified atom stereocenters. The molecule has 0 aliphatic rings. The fraction of sp³-hybridized carbons (Fsp3) is 0.154. The monoisotopic (exact) mass is 267 g/mol. The van der Waals surface area contributed by atoms with E-state index < -0.39 is 0 Å². The highest BCUT2D eigenvalue weighted by Crippen LogP contribution is 2.18. The minimum Gasteiger partial charge on any atom is -0.357 e. The Balaban J connectivity index is 2.14. The molecule has 7 heteroatoms. The van der Waals surface area contributed by atoms with Gasteiger partial charge >= 0.3 is 0 Å². The van der Waals surface area contributed by atoms with Gasteiger partial charge in [0, 0.05) is 12.6 Å². The summed E-state index contributed by atoms with van der Waals surface area (Å²) in [4.78, 5) is 17.0. The van der Waals surface area contributed by atoms with Crippen LogP contribution in [0.15, 0.2) is 36.9 Å². The van der Waals surface area contributed by atoms with Gasteiger partial charge in [0.15, 0.2) is 5.82 Å². The Kier molecular flexibility index (Phi) is 3.08. The molecule has 0 spiro atoms. The summed E-state index contributed by atoms with van der Waals surface area (Å²) in [5.74, 6) is 1.51. The largest absolute Gasteiger partial charge is 0.357 e. The van der Waals surface area contributed by atoms with E-state index in [-0.39, 0.29) is 0 Å². The third-order valence-corrected chi connectivity index (χ3v) is 2.75. The normalized spacial score (nSPS) is 10.5. The SMILES string of the molecule is CNc1nc(-c2cccc(C)c2)nc(-n2cncn2)n1. The number of anilines is 1. The number of rotatable bonds is 3. The van der Waals surface area contributed by atoms with Crippen molar-refractivity contribution in [1.29, 1.82) is 0 Å². The molecular formula is C13H13N7. The van der Waals surface area contributed by atoms with Crippen LogP contribution in [0, 0.1) is 6.92 Å². The molecule has 3 aromatic rings. The molecule has 0 atom stereocenters. The molecule has 0 aliphatic carbocycles. The van der Waals surface area contributed by atoms with Gasteiger partial charge < -0.3 is 5.32 Å². The first-order valence-corrected chi connectivity index (χ1v) is 6.12. The molecule has 2 heterocycles. The zero-order valence-electron chi connectivity index (χ0n) is 11.1. The highest BCUT2D eigenvalue weighted by molar-refractivity contribution is 5.57. The van der Waals surface area contributed by atoms with Crippen molar-refractivity contribution in [2.45, 2.75) is 6.92 Å². The van der Waals surface area contributed by atoms with E-state index >= 15 is 0 Å². The van der Waals surface area contributed by atoms with Crippen LogP contribution in [-0.2, 0) is 0 Å². The van der Waals surface area contributed by atoms with Gasteiger partial charge in [-0.05, 0) is 13.0 Å². The molecule has 2 aromatic heterocycles. The van der Waals surface area contributed by atoms with E-state index in [1.165, 1.54) is 11.0 Å². The van der Waals surface area contributed by atoms with E-state index in [0.717, 1.165) is 11.1 Å². The summed E-state index contributed by atoms with van der Waals surface area (Å²) in [7, 11) is 1.76. The predicted molar refractivity (Wildman–Crippen MR) is 74.5 cm³/mol. The van der Waals surface area contributed by atoms with E-state index in [9.17, 15) is 0 Å². The summed E-state index contributed by atoms with van der Waals surface area (Å²) in [5, 5.41) is 6.97. The van der Waals surface area contributed by atoms with E-state index in [4.69, 9.17) is 0 Å². The number of nitrogens with one attached hydrogen (secondary N) is 1. The Hall–Kier alpha value is -2.83. The van der Waals surface area contributed by atoms with Gasteiger partial charge in [-0.15, -0.1) is 0 Å². The van der Waals surface area contributed by atoms with E-state index in [1.807, 2.05) is 31.2 Å². The second-order valence-electron chi connectivity index (χ2n) is 4.24. The lowest BCUT2D eigenvalue weighted by molar-refractivity contribution is 0.798. The van der Waals surface area contributed by atoms with Gasteiger partial charge in [-0.1, -0.05) is 23.8 Å². The number of aryl methyl sites for hydroxylation is 1. The minimum absolute atomic E-state index is 0.429. The van der Waals surface area contributed by atoms with E-state index in [1.54, 1.807) is 13.4 Å². The summed E-state index contributed by atoms with van der Waals surface area (Å²) in [5.41, 5.74) is 2.08. The smallest absolute Gasteiger partial charge is 0.257 e. The first-order valence-electron chi connectivity index (χ1n) is 6.12. The standard InChI is InChI=1S/C13H13N7/c1-9-4-3-5-10(6-9)11-17-12(14-2)19-13(18-11)20-8-15-7-16-20/h3-8H,1-2H3,(H,14,17,18,19). The van der Waals surface area contributed by atoms with Crippen LogP contribution in [0.2, 0.25) is 0 Å². The Morgan fingerprint density at radius 1 is 1.15 bits per heavy atom.